The van der Waals surface area contributed by atoms with Crippen molar-refractivity contribution in [2.24, 2.45) is 0 Å². The molecule has 1 aliphatic rings. The number of nitrogens with one attached hydrogen (secondary N) is 1. The van der Waals surface area contributed by atoms with Gasteiger partial charge in [0.1, 0.15) is 5.82 Å². The number of hydrogen-bond acceptors (Lipinski definition) is 4. The van der Waals surface area contributed by atoms with E-state index in [2.05, 4.69) is 5.32 Å². The van der Waals surface area contributed by atoms with Gasteiger partial charge < -0.3 is 10.2 Å². The lowest BCUT2D eigenvalue weighted by molar-refractivity contribution is -0.117. The minimum atomic E-state index is -3.91. The number of sulfonamides is 1. The molecule has 7 nitrogen and oxygen atoms in total. The highest BCUT2D eigenvalue weighted by molar-refractivity contribution is 7.89. The Hall–Kier alpha value is -2.78. The third-order valence-corrected chi connectivity index (χ3v) is 6.24. The second-order valence-electron chi connectivity index (χ2n) is 6.46. The largest absolute Gasteiger partial charge is 0.325 e. The van der Waals surface area contributed by atoms with Crippen LogP contribution in [0.3, 0.4) is 0 Å². The third-order valence-electron chi connectivity index (χ3n) is 4.42. The summed E-state index contributed by atoms with van der Waals surface area (Å²) in [5, 5.41) is 2.63. The summed E-state index contributed by atoms with van der Waals surface area (Å²) < 4.78 is 38.8. The lowest BCUT2D eigenvalue weighted by atomic mass is 10.2. The van der Waals surface area contributed by atoms with Gasteiger partial charge in [-0.3, -0.25) is 9.59 Å². The molecule has 0 aliphatic carbocycles. The van der Waals surface area contributed by atoms with E-state index in [-0.39, 0.29) is 10.8 Å². The lowest BCUT2D eigenvalue weighted by Crippen LogP contribution is -2.35. The van der Waals surface area contributed by atoms with Crippen molar-refractivity contribution in [3.8, 4) is 0 Å². The van der Waals surface area contributed by atoms with Crippen molar-refractivity contribution in [3.63, 3.8) is 0 Å². The van der Waals surface area contributed by atoms with Gasteiger partial charge in [0, 0.05) is 31.4 Å². The van der Waals surface area contributed by atoms with Crippen molar-refractivity contribution in [2.75, 3.05) is 30.4 Å². The molecule has 2 aromatic rings. The molecule has 0 unspecified atom stereocenters. The number of benzene rings is 2. The molecule has 28 heavy (non-hydrogen) atoms. The van der Waals surface area contributed by atoms with E-state index in [0.717, 1.165) is 40.7 Å². The van der Waals surface area contributed by atoms with Crippen LogP contribution in [0.15, 0.2) is 53.4 Å². The summed E-state index contributed by atoms with van der Waals surface area (Å²) >= 11 is 0. The highest BCUT2D eigenvalue weighted by Crippen LogP contribution is 2.23. The van der Waals surface area contributed by atoms with Crippen LogP contribution >= 0.6 is 0 Å². The minimum absolute atomic E-state index is 0.0735. The molecule has 0 saturated carbocycles. The Morgan fingerprint density at radius 1 is 1.14 bits per heavy atom. The van der Waals surface area contributed by atoms with E-state index >= 15 is 0 Å². The standard InChI is InChI=1S/C19H20FN3O4S/c1-22(28(26,27)17-10-4-14(20)5-11-17)13-18(24)21-15-6-8-16(9-7-15)23-12-2-3-19(23)25/h4-11H,2-3,12-13H2,1H3,(H,21,24). The third kappa shape index (κ3) is 4.37. The van der Waals surface area contributed by atoms with E-state index in [1.54, 1.807) is 29.2 Å². The van der Waals surface area contributed by atoms with E-state index in [4.69, 9.17) is 0 Å². The first-order valence-corrected chi connectivity index (χ1v) is 10.1. The number of carbonyl (C=O) groups excluding carboxylic acids is 2. The first kappa shape index (κ1) is 20.0. The molecule has 1 saturated heterocycles. The first-order chi connectivity index (χ1) is 13.3. The summed E-state index contributed by atoms with van der Waals surface area (Å²) in [6.07, 6.45) is 1.36. The zero-order valence-corrected chi connectivity index (χ0v) is 16.1. The number of likely N-dealkylation sites (N-methyl/N-ethyl adjacent to an activating group) is 1. The van der Waals surface area contributed by atoms with Crippen molar-refractivity contribution in [1.29, 1.82) is 0 Å². The average Bonchev–Trinajstić information content (AvgIpc) is 3.08. The van der Waals surface area contributed by atoms with Gasteiger partial charge in [-0.15, -0.1) is 0 Å². The van der Waals surface area contributed by atoms with Gasteiger partial charge in [-0.1, -0.05) is 0 Å². The Labute approximate surface area is 162 Å². The number of amides is 2. The summed E-state index contributed by atoms with van der Waals surface area (Å²) in [5.74, 6) is -0.985. The maximum Gasteiger partial charge on any atom is 0.243 e. The van der Waals surface area contributed by atoms with E-state index in [9.17, 15) is 22.4 Å². The van der Waals surface area contributed by atoms with Gasteiger partial charge in [-0.05, 0) is 55.0 Å². The molecule has 0 aromatic heterocycles. The molecule has 0 atom stereocenters. The van der Waals surface area contributed by atoms with E-state index in [1.807, 2.05) is 0 Å². The molecule has 1 fully saturated rings. The molecular formula is C19H20FN3O4S. The number of nitrogens with zero attached hydrogens (tertiary/aromatic N) is 2. The van der Waals surface area contributed by atoms with Crippen LogP contribution < -0.4 is 10.2 Å². The second-order valence-corrected chi connectivity index (χ2v) is 8.50. The van der Waals surface area contributed by atoms with Crippen LogP contribution in [0.25, 0.3) is 0 Å². The lowest BCUT2D eigenvalue weighted by Gasteiger charge is -2.18. The smallest absolute Gasteiger partial charge is 0.243 e. The van der Waals surface area contributed by atoms with Crippen molar-refractivity contribution in [2.45, 2.75) is 17.7 Å². The highest BCUT2D eigenvalue weighted by Gasteiger charge is 2.24. The van der Waals surface area contributed by atoms with Gasteiger partial charge in [0.05, 0.1) is 11.4 Å². The van der Waals surface area contributed by atoms with Crippen LogP contribution in [0, 0.1) is 5.82 Å². The monoisotopic (exact) mass is 405 g/mol. The van der Waals surface area contributed by atoms with Gasteiger partial charge >= 0.3 is 0 Å². The minimum Gasteiger partial charge on any atom is -0.325 e. The Kier molecular flexibility index (Phi) is 5.76. The van der Waals surface area contributed by atoms with Crippen molar-refractivity contribution in [1.82, 2.24) is 4.31 Å². The zero-order valence-electron chi connectivity index (χ0n) is 15.3. The SMILES string of the molecule is CN(CC(=O)Nc1ccc(N2CCCC2=O)cc1)S(=O)(=O)c1ccc(F)cc1. The normalized spacial score (nSPS) is 14.5. The van der Waals surface area contributed by atoms with Gasteiger partial charge in [0.25, 0.3) is 0 Å². The van der Waals surface area contributed by atoms with Gasteiger partial charge in [0.15, 0.2) is 0 Å². The summed E-state index contributed by atoms with van der Waals surface area (Å²) in [6.45, 7) is 0.280. The molecule has 148 valence electrons. The summed E-state index contributed by atoms with van der Waals surface area (Å²) in [4.78, 5) is 25.6. The number of carbonyl (C=O) groups is 2. The van der Waals surface area contributed by atoms with Crippen molar-refractivity contribution >= 4 is 33.2 Å². The fourth-order valence-corrected chi connectivity index (χ4v) is 4.05. The molecule has 1 aliphatic heterocycles. The summed E-state index contributed by atoms with van der Waals surface area (Å²) in [6, 6.07) is 11.2. The fraction of sp³-hybridized carbons (Fsp3) is 0.263. The molecule has 2 amide bonds. The van der Waals surface area contributed by atoms with Crippen LogP contribution in [-0.2, 0) is 19.6 Å². The van der Waals surface area contributed by atoms with Crippen molar-refractivity contribution < 1.29 is 22.4 Å². The van der Waals surface area contributed by atoms with Crippen LogP contribution in [0.1, 0.15) is 12.8 Å². The number of anilines is 2. The Balaban J connectivity index is 1.61. The molecule has 0 spiro atoms. The predicted molar refractivity (Wildman–Crippen MR) is 103 cm³/mol. The molecule has 2 aromatic carbocycles. The molecule has 3 rings (SSSR count). The van der Waals surface area contributed by atoms with Crippen LogP contribution in [0.5, 0.6) is 0 Å². The van der Waals surface area contributed by atoms with E-state index in [1.165, 1.54) is 7.05 Å². The molecule has 0 bridgehead atoms. The first-order valence-electron chi connectivity index (χ1n) is 8.69. The van der Waals surface area contributed by atoms with E-state index < -0.39 is 28.3 Å². The predicted octanol–water partition coefficient (Wildman–Crippen LogP) is 2.21. The molecule has 1 N–H and O–H groups in total. The fourth-order valence-electron chi connectivity index (χ4n) is 2.92. The number of rotatable bonds is 6. The summed E-state index contributed by atoms with van der Waals surface area (Å²) in [5.41, 5.74) is 1.25. The molecule has 9 heteroatoms. The highest BCUT2D eigenvalue weighted by atomic mass is 32.2. The van der Waals surface area contributed by atoms with Crippen LogP contribution in [0.2, 0.25) is 0 Å². The Bertz CT molecular complexity index is 975. The quantitative estimate of drug-likeness (QED) is 0.798. The van der Waals surface area contributed by atoms with Crippen LogP contribution in [0.4, 0.5) is 15.8 Å². The Morgan fingerprint density at radius 3 is 2.36 bits per heavy atom. The number of hydrogen-bond donors (Lipinski definition) is 1. The molecule has 0 radical (unpaired) electrons. The second kappa shape index (κ2) is 8.07. The average molecular weight is 405 g/mol. The van der Waals surface area contributed by atoms with Gasteiger partial charge in [-0.25, -0.2) is 12.8 Å². The Morgan fingerprint density at radius 2 is 1.79 bits per heavy atom. The zero-order chi connectivity index (χ0) is 20.3. The topological polar surface area (TPSA) is 86.8 Å². The van der Waals surface area contributed by atoms with Crippen LogP contribution in [-0.4, -0.2) is 44.7 Å². The maximum atomic E-state index is 13.0. The maximum absolute atomic E-state index is 13.0. The molecular weight excluding hydrogens is 385 g/mol. The number of halogens is 1. The van der Waals surface area contributed by atoms with Gasteiger partial charge in [0.2, 0.25) is 21.8 Å². The van der Waals surface area contributed by atoms with E-state index in [0.29, 0.717) is 18.7 Å². The van der Waals surface area contributed by atoms with Gasteiger partial charge in [-0.2, -0.15) is 4.31 Å². The molecule has 1 heterocycles. The van der Waals surface area contributed by atoms with Crippen molar-refractivity contribution in [3.05, 3.63) is 54.3 Å². The summed E-state index contributed by atoms with van der Waals surface area (Å²) in [7, 11) is -2.63.